The Morgan fingerprint density at radius 3 is 1.57 bits per heavy atom. The predicted molar refractivity (Wildman–Crippen MR) is 178 cm³/mol. The van der Waals surface area contributed by atoms with Gasteiger partial charge in [0.25, 0.3) is 0 Å². The average Bonchev–Trinajstić information content (AvgIpc) is 3.07. The van der Waals surface area contributed by atoms with Crippen LogP contribution in [0.4, 0.5) is 0 Å². The molecule has 0 fully saturated rings. The molecule has 0 spiro atoms. The van der Waals surface area contributed by atoms with Gasteiger partial charge in [-0.05, 0) is 67.1 Å². The highest BCUT2D eigenvalue weighted by molar-refractivity contribution is 5.98. The number of phenols is 1. The Balaban J connectivity index is 1.31. The Kier molecular flexibility index (Phi) is 16.2. The summed E-state index contributed by atoms with van der Waals surface area (Å²) >= 11 is 0. The molecule has 0 radical (unpaired) electrons. The molecule has 248 valence electrons. The number of rotatable bonds is 21. The number of unbranched alkanes of at least 4 members (excludes halogenated alkanes) is 13. The van der Waals surface area contributed by atoms with E-state index in [4.69, 9.17) is 14.2 Å². The summed E-state index contributed by atoms with van der Waals surface area (Å²) in [7, 11) is 1.16. The molecular formula is C38H48O8. The molecule has 3 rings (SSSR count). The van der Waals surface area contributed by atoms with E-state index < -0.39 is 17.9 Å². The van der Waals surface area contributed by atoms with Gasteiger partial charge < -0.3 is 24.1 Å². The largest absolute Gasteiger partial charge is 0.507 e. The highest BCUT2D eigenvalue weighted by Crippen LogP contribution is 2.29. The third-order valence-corrected chi connectivity index (χ3v) is 7.75. The molecule has 0 amide bonds. The van der Waals surface area contributed by atoms with Crippen LogP contribution in [0.3, 0.4) is 0 Å². The van der Waals surface area contributed by atoms with Gasteiger partial charge in [-0.15, -0.1) is 0 Å². The summed E-state index contributed by atoms with van der Waals surface area (Å²) in [5.41, 5.74) is 0.265. The lowest BCUT2D eigenvalue weighted by atomic mass is 10.0. The second-order valence-corrected chi connectivity index (χ2v) is 11.4. The summed E-state index contributed by atoms with van der Waals surface area (Å²) in [4.78, 5) is 37.2. The standard InChI is InChI=1S/C38H48O8/c1-3-4-5-6-7-8-9-10-11-12-13-14-15-16-28-44-31-24-20-29(21-25-31)36(40)45-32-26-22-30(23-27-32)37(41)46-34-19-17-18-33(39)35(34)38(42)43-2/h17-27,39H,3-16,28H2,1-2H3. The van der Waals surface area contributed by atoms with Crippen molar-refractivity contribution in [3.05, 3.63) is 83.4 Å². The Hall–Kier alpha value is -4.33. The number of carbonyl (C=O) groups excluding carboxylic acids is 3. The second kappa shape index (κ2) is 20.7. The van der Waals surface area contributed by atoms with Crippen molar-refractivity contribution in [3.8, 4) is 23.0 Å². The smallest absolute Gasteiger partial charge is 0.345 e. The number of hydrogen-bond donors (Lipinski definition) is 1. The van der Waals surface area contributed by atoms with Crippen LogP contribution in [0.1, 0.15) is 128 Å². The number of ether oxygens (including phenoxy) is 4. The van der Waals surface area contributed by atoms with Crippen LogP contribution >= 0.6 is 0 Å². The van der Waals surface area contributed by atoms with E-state index in [2.05, 4.69) is 11.7 Å². The van der Waals surface area contributed by atoms with Gasteiger partial charge in [-0.25, -0.2) is 14.4 Å². The Labute approximate surface area is 273 Å². The van der Waals surface area contributed by atoms with Crippen LogP contribution in [0.2, 0.25) is 0 Å². The number of hydrogen-bond acceptors (Lipinski definition) is 8. The summed E-state index contributed by atoms with van der Waals surface area (Å²) in [6.45, 7) is 2.91. The first-order valence-corrected chi connectivity index (χ1v) is 16.6. The number of phenolic OH excluding ortho intramolecular Hbond substituents is 1. The van der Waals surface area contributed by atoms with E-state index in [0.717, 1.165) is 20.0 Å². The van der Waals surface area contributed by atoms with Gasteiger partial charge in [-0.2, -0.15) is 0 Å². The molecule has 3 aromatic rings. The van der Waals surface area contributed by atoms with Gasteiger partial charge in [0, 0.05) is 0 Å². The molecule has 0 aliphatic carbocycles. The van der Waals surface area contributed by atoms with E-state index in [1.54, 1.807) is 24.3 Å². The van der Waals surface area contributed by atoms with Gasteiger partial charge in [-0.3, -0.25) is 0 Å². The molecule has 0 atom stereocenters. The second-order valence-electron chi connectivity index (χ2n) is 11.4. The number of esters is 3. The number of benzene rings is 3. The molecule has 0 bridgehead atoms. The van der Waals surface area contributed by atoms with E-state index >= 15 is 0 Å². The third-order valence-electron chi connectivity index (χ3n) is 7.75. The van der Waals surface area contributed by atoms with Crippen molar-refractivity contribution in [2.45, 2.75) is 96.8 Å². The molecule has 0 aliphatic heterocycles. The lowest BCUT2D eigenvalue weighted by Gasteiger charge is -2.10. The van der Waals surface area contributed by atoms with Crippen molar-refractivity contribution in [1.29, 1.82) is 0 Å². The first-order valence-electron chi connectivity index (χ1n) is 16.6. The number of carbonyl (C=O) groups is 3. The van der Waals surface area contributed by atoms with Crippen molar-refractivity contribution in [1.82, 2.24) is 0 Å². The maximum absolute atomic E-state index is 12.6. The molecular weight excluding hydrogens is 584 g/mol. The molecule has 1 N–H and O–H groups in total. The zero-order valence-electron chi connectivity index (χ0n) is 27.3. The van der Waals surface area contributed by atoms with Gasteiger partial charge in [0.1, 0.15) is 28.6 Å². The molecule has 8 heteroatoms. The van der Waals surface area contributed by atoms with Crippen molar-refractivity contribution in [2.75, 3.05) is 13.7 Å². The van der Waals surface area contributed by atoms with E-state index in [9.17, 15) is 19.5 Å². The SMILES string of the molecule is CCCCCCCCCCCCCCCCOc1ccc(C(=O)Oc2ccc(C(=O)Oc3cccc(O)c3C(=O)OC)cc2)cc1. The van der Waals surface area contributed by atoms with Crippen LogP contribution in [0.25, 0.3) is 0 Å². The molecule has 0 saturated heterocycles. The fraction of sp³-hybridized carbons (Fsp3) is 0.447. The van der Waals surface area contributed by atoms with Crippen LogP contribution in [-0.2, 0) is 4.74 Å². The summed E-state index contributed by atoms with van der Waals surface area (Å²) in [5, 5.41) is 9.98. The molecule has 0 aliphatic rings. The molecule has 0 heterocycles. The van der Waals surface area contributed by atoms with E-state index in [-0.39, 0.29) is 28.4 Å². The zero-order chi connectivity index (χ0) is 33.0. The van der Waals surface area contributed by atoms with Crippen LogP contribution in [-0.4, -0.2) is 36.7 Å². The molecule has 3 aromatic carbocycles. The van der Waals surface area contributed by atoms with Gasteiger partial charge in [0.2, 0.25) is 0 Å². The minimum atomic E-state index is -0.840. The highest BCUT2D eigenvalue weighted by Gasteiger charge is 2.21. The topological polar surface area (TPSA) is 108 Å². The summed E-state index contributed by atoms with van der Waals surface area (Å²) < 4.78 is 21.2. The van der Waals surface area contributed by atoms with E-state index in [0.29, 0.717) is 17.9 Å². The number of aromatic hydroxyl groups is 1. The fourth-order valence-corrected chi connectivity index (χ4v) is 5.07. The Bertz CT molecular complexity index is 1350. The maximum atomic E-state index is 12.6. The predicted octanol–water partition coefficient (Wildman–Crippen LogP) is 9.48. The quantitative estimate of drug-likeness (QED) is 0.0703. The molecule has 0 unspecified atom stereocenters. The first-order chi connectivity index (χ1) is 22.4. The van der Waals surface area contributed by atoms with Gasteiger partial charge in [-0.1, -0.05) is 96.5 Å². The summed E-state index contributed by atoms with van der Waals surface area (Å²) in [6, 6.07) is 16.7. The minimum Gasteiger partial charge on any atom is -0.507 e. The molecule has 46 heavy (non-hydrogen) atoms. The van der Waals surface area contributed by atoms with E-state index in [1.165, 1.54) is 120 Å². The van der Waals surface area contributed by atoms with E-state index in [1.807, 2.05) is 0 Å². The third kappa shape index (κ3) is 12.6. The Morgan fingerprint density at radius 1 is 0.565 bits per heavy atom. The van der Waals surface area contributed by atoms with Gasteiger partial charge in [0.15, 0.2) is 0 Å². The zero-order valence-corrected chi connectivity index (χ0v) is 27.3. The Morgan fingerprint density at radius 2 is 1.04 bits per heavy atom. The molecule has 0 saturated carbocycles. The van der Waals surface area contributed by atoms with Crippen molar-refractivity contribution < 1.29 is 38.4 Å². The average molecular weight is 633 g/mol. The van der Waals surface area contributed by atoms with Crippen LogP contribution < -0.4 is 14.2 Å². The van der Waals surface area contributed by atoms with Gasteiger partial charge >= 0.3 is 17.9 Å². The lowest BCUT2D eigenvalue weighted by Crippen LogP contribution is -2.13. The van der Waals surface area contributed by atoms with Crippen LogP contribution in [0.15, 0.2) is 66.7 Å². The van der Waals surface area contributed by atoms with Crippen molar-refractivity contribution in [2.24, 2.45) is 0 Å². The van der Waals surface area contributed by atoms with Crippen molar-refractivity contribution in [3.63, 3.8) is 0 Å². The summed E-state index contributed by atoms with van der Waals surface area (Å²) in [5.74, 6) is -1.71. The molecule has 0 aromatic heterocycles. The normalized spacial score (nSPS) is 10.7. The maximum Gasteiger partial charge on any atom is 0.345 e. The van der Waals surface area contributed by atoms with Gasteiger partial charge in [0.05, 0.1) is 24.8 Å². The molecule has 8 nitrogen and oxygen atoms in total. The van der Waals surface area contributed by atoms with Crippen LogP contribution in [0.5, 0.6) is 23.0 Å². The highest BCUT2D eigenvalue weighted by atomic mass is 16.5. The monoisotopic (exact) mass is 632 g/mol. The van der Waals surface area contributed by atoms with Crippen molar-refractivity contribution >= 4 is 17.9 Å². The first kappa shape index (κ1) is 36.1. The minimum absolute atomic E-state index is 0.139. The fourth-order valence-electron chi connectivity index (χ4n) is 5.07. The number of methoxy groups -OCH3 is 1. The summed E-state index contributed by atoms with van der Waals surface area (Å²) in [6.07, 6.45) is 18.4. The van der Waals surface area contributed by atoms with Crippen LogP contribution in [0, 0.1) is 0 Å². The lowest BCUT2D eigenvalue weighted by molar-refractivity contribution is 0.0588.